The first-order valence-corrected chi connectivity index (χ1v) is 10.9. The van der Waals surface area contributed by atoms with Crippen LogP contribution in [0.4, 0.5) is 5.69 Å². The Morgan fingerprint density at radius 1 is 1.07 bits per heavy atom. The first-order valence-electron chi connectivity index (χ1n) is 8.32. The van der Waals surface area contributed by atoms with Crippen LogP contribution in [0, 0.1) is 11.3 Å². The molecule has 0 bridgehead atoms. The highest BCUT2D eigenvalue weighted by molar-refractivity contribution is 7.95. The second-order valence-electron chi connectivity index (χ2n) is 6.01. The van der Waals surface area contributed by atoms with Crippen molar-refractivity contribution < 1.29 is 8.42 Å². The average Bonchev–Trinajstić information content (AvgIpc) is 2.61. The van der Waals surface area contributed by atoms with Gasteiger partial charge in [0.05, 0.1) is 4.90 Å². The third kappa shape index (κ3) is 5.55. The average molecular weight is 459 g/mol. The zero-order chi connectivity index (χ0) is 20.9. The van der Waals surface area contributed by atoms with Gasteiger partial charge in [-0.2, -0.15) is 5.26 Å². The topological polar surface area (TPSA) is 82.0 Å². The van der Waals surface area contributed by atoms with Crippen LogP contribution in [0.2, 0.25) is 15.1 Å². The SMILES string of the molecule is CCC(C)N/C(Nc1cc(Cl)cc(Cl)c1)=C(/C#N)S(=O)(=O)c1ccc(Cl)cc1. The van der Waals surface area contributed by atoms with E-state index in [0.29, 0.717) is 27.2 Å². The normalized spacial score (nSPS) is 13.3. The standard InChI is InChI=1S/C19H18Cl3N3O2S/c1-3-12(2)24-19(25-16-9-14(21)8-15(22)10-16)18(11-23)28(26,27)17-6-4-13(20)5-7-17/h4-10,12,24-25H,3H2,1-2H3/b19-18+. The molecule has 0 amide bonds. The van der Waals surface area contributed by atoms with Gasteiger partial charge in [0.25, 0.3) is 0 Å². The second kappa shape index (κ2) is 9.53. The molecule has 0 spiro atoms. The molecule has 2 aromatic rings. The Bertz CT molecular complexity index is 1010. The minimum atomic E-state index is -4.09. The molecule has 2 N–H and O–H groups in total. The van der Waals surface area contributed by atoms with Crippen LogP contribution in [0.1, 0.15) is 20.3 Å². The van der Waals surface area contributed by atoms with Crippen LogP contribution in [0.3, 0.4) is 0 Å². The summed E-state index contributed by atoms with van der Waals surface area (Å²) in [5.41, 5.74) is 0.447. The van der Waals surface area contributed by atoms with Gasteiger partial charge in [0.15, 0.2) is 4.91 Å². The second-order valence-corrected chi connectivity index (χ2v) is 9.21. The third-order valence-corrected chi connectivity index (χ3v) is 6.27. The molecule has 1 unspecified atom stereocenters. The summed E-state index contributed by atoms with van der Waals surface area (Å²) in [5.74, 6) is 0.0464. The highest BCUT2D eigenvalue weighted by atomic mass is 35.5. The van der Waals surface area contributed by atoms with E-state index in [2.05, 4.69) is 10.6 Å². The molecular formula is C19H18Cl3N3O2S. The molecule has 0 aliphatic rings. The Balaban J connectivity index is 2.60. The predicted octanol–water partition coefficient (Wildman–Crippen LogP) is 5.61. The van der Waals surface area contributed by atoms with Crippen molar-refractivity contribution in [2.24, 2.45) is 0 Å². The van der Waals surface area contributed by atoms with Crippen LogP contribution in [0.25, 0.3) is 0 Å². The van der Waals surface area contributed by atoms with Crippen molar-refractivity contribution in [1.82, 2.24) is 5.32 Å². The van der Waals surface area contributed by atoms with Crippen molar-refractivity contribution in [3.8, 4) is 6.07 Å². The van der Waals surface area contributed by atoms with Crippen molar-refractivity contribution in [1.29, 1.82) is 5.26 Å². The van der Waals surface area contributed by atoms with Gasteiger partial charge in [0, 0.05) is 26.8 Å². The summed E-state index contributed by atoms with van der Waals surface area (Å²) in [6.07, 6.45) is 0.710. The van der Waals surface area contributed by atoms with Gasteiger partial charge in [-0.05, 0) is 55.8 Å². The molecule has 5 nitrogen and oxygen atoms in total. The molecular weight excluding hydrogens is 441 g/mol. The minimum absolute atomic E-state index is 0.0390. The van der Waals surface area contributed by atoms with Crippen LogP contribution in [-0.2, 0) is 9.84 Å². The number of benzene rings is 2. The molecule has 2 aromatic carbocycles. The van der Waals surface area contributed by atoms with E-state index in [0.717, 1.165) is 0 Å². The summed E-state index contributed by atoms with van der Waals surface area (Å²) >= 11 is 17.9. The van der Waals surface area contributed by atoms with E-state index in [-0.39, 0.29) is 16.8 Å². The van der Waals surface area contributed by atoms with E-state index in [4.69, 9.17) is 34.8 Å². The maximum Gasteiger partial charge on any atom is 0.220 e. The zero-order valence-corrected chi connectivity index (χ0v) is 18.2. The number of rotatable bonds is 7. The molecule has 0 radical (unpaired) electrons. The summed E-state index contributed by atoms with van der Waals surface area (Å²) < 4.78 is 26.1. The quantitative estimate of drug-likeness (QED) is 0.527. The molecule has 9 heteroatoms. The largest absolute Gasteiger partial charge is 0.367 e. The van der Waals surface area contributed by atoms with Crippen LogP contribution < -0.4 is 10.6 Å². The molecule has 0 saturated heterocycles. The Kier molecular flexibility index (Phi) is 7.62. The van der Waals surface area contributed by atoms with Crippen molar-refractivity contribution in [3.63, 3.8) is 0 Å². The summed E-state index contributed by atoms with van der Waals surface area (Å²) in [7, 11) is -4.09. The molecule has 0 fully saturated rings. The number of nitrogens with one attached hydrogen (secondary N) is 2. The summed E-state index contributed by atoms with van der Waals surface area (Å²) in [4.78, 5) is -0.492. The number of sulfone groups is 1. The molecule has 28 heavy (non-hydrogen) atoms. The van der Waals surface area contributed by atoms with Gasteiger partial charge in [0.2, 0.25) is 9.84 Å². The van der Waals surface area contributed by atoms with Crippen LogP contribution in [0.5, 0.6) is 0 Å². The van der Waals surface area contributed by atoms with E-state index >= 15 is 0 Å². The molecule has 0 saturated carbocycles. The fourth-order valence-electron chi connectivity index (χ4n) is 2.26. The molecule has 148 valence electrons. The highest BCUT2D eigenvalue weighted by Crippen LogP contribution is 2.27. The fraction of sp³-hybridized carbons (Fsp3) is 0.211. The van der Waals surface area contributed by atoms with Gasteiger partial charge in [-0.3, -0.25) is 0 Å². The Labute approximate surface area is 179 Å². The minimum Gasteiger partial charge on any atom is -0.367 e. The first-order chi connectivity index (χ1) is 13.2. The molecule has 0 aliphatic heterocycles. The number of nitrogens with zero attached hydrogens (tertiary/aromatic N) is 1. The number of hydrogen-bond donors (Lipinski definition) is 2. The number of nitriles is 1. The Morgan fingerprint density at radius 3 is 2.14 bits per heavy atom. The Morgan fingerprint density at radius 2 is 1.64 bits per heavy atom. The van der Waals surface area contributed by atoms with Crippen molar-refractivity contribution in [3.05, 3.63) is 68.3 Å². The third-order valence-electron chi connectivity index (χ3n) is 3.86. The molecule has 0 aliphatic carbocycles. The monoisotopic (exact) mass is 457 g/mol. The van der Waals surface area contributed by atoms with E-state index in [9.17, 15) is 13.7 Å². The van der Waals surface area contributed by atoms with Crippen molar-refractivity contribution in [2.45, 2.75) is 31.2 Å². The van der Waals surface area contributed by atoms with Gasteiger partial charge >= 0.3 is 0 Å². The first kappa shape index (κ1) is 22.4. The van der Waals surface area contributed by atoms with Gasteiger partial charge in [0.1, 0.15) is 11.9 Å². The lowest BCUT2D eigenvalue weighted by atomic mass is 10.2. The fourth-order valence-corrected chi connectivity index (χ4v) is 4.14. The maximum atomic E-state index is 13.1. The van der Waals surface area contributed by atoms with E-state index < -0.39 is 14.7 Å². The molecule has 0 aromatic heterocycles. The highest BCUT2D eigenvalue weighted by Gasteiger charge is 2.26. The van der Waals surface area contributed by atoms with Gasteiger partial charge < -0.3 is 10.6 Å². The molecule has 0 heterocycles. The lowest BCUT2D eigenvalue weighted by molar-refractivity contribution is 0.589. The van der Waals surface area contributed by atoms with Crippen molar-refractivity contribution in [2.75, 3.05) is 5.32 Å². The van der Waals surface area contributed by atoms with Gasteiger partial charge in [-0.1, -0.05) is 41.7 Å². The smallest absolute Gasteiger partial charge is 0.220 e. The van der Waals surface area contributed by atoms with Crippen LogP contribution in [-0.4, -0.2) is 14.5 Å². The number of allylic oxidation sites excluding steroid dienone is 1. The zero-order valence-electron chi connectivity index (χ0n) is 15.1. The summed E-state index contributed by atoms with van der Waals surface area (Å²) in [6.45, 7) is 3.81. The van der Waals surface area contributed by atoms with Crippen LogP contribution in [0.15, 0.2) is 58.1 Å². The van der Waals surface area contributed by atoms with Gasteiger partial charge in [-0.15, -0.1) is 0 Å². The number of hydrogen-bond acceptors (Lipinski definition) is 5. The summed E-state index contributed by atoms with van der Waals surface area (Å²) in [5, 5.41) is 16.8. The number of halogens is 3. The van der Waals surface area contributed by atoms with Crippen molar-refractivity contribution >= 4 is 50.3 Å². The van der Waals surface area contributed by atoms with E-state index in [1.807, 2.05) is 13.8 Å². The predicted molar refractivity (Wildman–Crippen MR) is 114 cm³/mol. The van der Waals surface area contributed by atoms with Crippen LogP contribution >= 0.6 is 34.8 Å². The molecule has 2 rings (SSSR count). The lowest BCUT2D eigenvalue weighted by Crippen LogP contribution is -2.31. The van der Waals surface area contributed by atoms with E-state index in [1.54, 1.807) is 24.3 Å². The lowest BCUT2D eigenvalue weighted by Gasteiger charge is -2.20. The Hall–Kier alpha value is -1.91. The summed E-state index contributed by atoms with van der Waals surface area (Å²) in [6, 6.07) is 12.0. The van der Waals surface area contributed by atoms with Gasteiger partial charge in [-0.25, -0.2) is 8.42 Å². The number of anilines is 1. The molecule has 1 atom stereocenters. The maximum absolute atomic E-state index is 13.1. The van der Waals surface area contributed by atoms with E-state index in [1.165, 1.54) is 24.3 Å².